The third-order valence-electron chi connectivity index (χ3n) is 26.3. The number of rotatable bonds is 27. The summed E-state index contributed by atoms with van der Waals surface area (Å²) < 4.78 is 0. The van der Waals surface area contributed by atoms with E-state index >= 15 is 0 Å². The third-order valence-corrected chi connectivity index (χ3v) is 26.3. The summed E-state index contributed by atoms with van der Waals surface area (Å²) in [6, 6.07) is 138. The predicted octanol–water partition coefficient (Wildman–Crippen LogP) is 36.0. The molecule has 0 amide bonds. The smallest absolute Gasteiger partial charge is 0.0713 e. The van der Waals surface area contributed by atoms with Crippen LogP contribution in [0, 0.1) is 76.2 Å². The molecule has 3 nitrogen and oxygen atoms in total. The van der Waals surface area contributed by atoms with Gasteiger partial charge in [-0.1, -0.05) is 419 Å². The van der Waals surface area contributed by atoms with E-state index in [0.29, 0.717) is 0 Å². The van der Waals surface area contributed by atoms with Crippen molar-refractivity contribution in [1.82, 2.24) is 0 Å². The van der Waals surface area contributed by atoms with Gasteiger partial charge in [0.25, 0.3) is 0 Å². The zero-order valence-electron chi connectivity index (χ0n) is 78.0. The molecule has 0 aromatic heterocycles. The molecule has 0 bridgehead atoms. The van der Waals surface area contributed by atoms with Gasteiger partial charge in [-0.3, -0.25) is 0 Å². The molecule has 644 valence electrons. The maximum atomic E-state index is 2.53. The van der Waals surface area contributed by atoms with Gasteiger partial charge in [0.1, 0.15) is 0 Å². The Morgan fingerprint density at radius 2 is 0.375 bits per heavy atom. The Hall–Kier alpha value is -13.1. The highest BCUT2D eigenvalue weighted by atomic mass is 15.2. The maximum absolute atomic E-state index is 2.53. The zero-order valence-corrected chi connectivity index (χ0v) is 78.0. The van der Waals surface area contributed by atoms with E-state index in [2.05, 4.69) is 481 Å². The summed E-state index contributed by atoms with van der Waals surface area (Å²) in [6.07, 6.45) is 19.2. The molecule has 128 heavy (non-hydrogen) atoms. The van der Waals surface area contributed by atoms with Crippen molar-refractivity contribution in [3.05, 3.63) is 471 Å². The largest absolute Gasteiger partial charge is 0.311 e. The van der Waals surface area contributed by atoms with Gasteiger partial charge in [0, 0.05) is 56.6 Å². The minimum atomic E-state index is -0.396. The van der Waals surface area contributed by atoms with Gasteiger partial charge in [-0.25, -0.2) is 0 Å². The van der Waals surface area contributed by atoms with E-state index < -0.39 is 5.41 Å². The number of anilines is 9. The van der Waals surface area contributed by atoms with E-state index in [9.17, 15) is 0 Å². The van der Waals surface area contributed by atoms with Crippen molar-refractivity contribution in [2.24, 2.45) is 0 Å². The lowest BCUT2D eigenvalue weighted by atomic mass is 9.67. The maximum Gasteiger partial charge on any atom is 0.0713 e. The molecule has 16 aromatic rings. The molecule has 16 aromatic carbocycles. The molecule has 0 fully saturated rings. The van der Waals surface area contributed by atoms with Crippen molar-refractivity contribution in [2.45, 2.75) is 191 Å². The number of hydrogen-bond donors (Lipinski definition) is 0. The number of benzene rings is 16. The molecule has 18 rings (SSSR count). The molecule has 2 aliphatic rings. The van der Waals surface area contributed by atoms with Gasteiger partial charge in [0.05, 0.1) is 5.41 Å². The molecular weight excluding hydrogens is 1540 g/mol. The highest BCUT2D eigenvalue weighted by molar-refractivity contribution is 5.89. The predicted molar refractivity (Wildman–Crippen MR) is 552 cm³/mol. The van der Waals surface area contributed by atoms with Gasteiger partial charge in [0.15, 0.2) is 0 Å². The van der Waals surface area contributed by atoms with Gasteiger partial charge in [-0.2, -0.15) is 0 Å². The number of fused-ring (bicyclic) bond motifs is 6. The molecule has 0 saturated heterocycles. The summed E-state index contributed by atoms with van der Waals surface area (Å²) in [5.74, 6) is 0. The van der Waals surface area contributed by atoms with Gasteiger partial charge in [-0.15, -0.1) is 0 Å². The number of nitrogens with zero attached hydrogens (tertiary/aromatic N) is 3. The van der Waals surface area contributed by atoms with E-state index in [1.165, 1.54) is 235 Å². The molecule has 0 unspecified atom stereocenters. The quantitative estimate of drug-likeness (QED) is 0.0475. The van der Waals surface area contributed by atoms with Crippen LogP contribution < -0.4 is 14.7 Å². The first kappa shape index (κ1) is 89.7. The van der Waals surface area contributed by atoms with Crippen molar-refractivity contribution in [3.63, 3.8) is 0 Å². The Balaban J connectivity index is 0.000000134. The molecular formula is C125H129N3. The van der Waals surface area contributed by atoms with Crippen molar-refractivity contribution in [2.75, 3.05) is 14.7 Å². The van der Waals surface area contributed by atoms with Crippen molar-refractivity contribution in [3.8, 4) is 44.5 Å². The van der Waals surface area contributed by atoms with Crippen molar-refractivity contribution in [1.29, 1.82) is 0 Å². The average molecular weight is 1670 g/mol. The van der Waals surface area contributed by atoms with Gasteiger partial charge in [-0.05, 0) is 276 Å². The summed E-state index contributed by atoms with van der Waals surface area (Å²) in [6.45, 7) is 28.4. The molecule has 0 N–H and O–H groups in total. The second-order valence-corrected chi connectivity index (χ2v) is 36.3. The average Bonchev–Trinajstić information content (AvgIpc) is 1.53. The molecule has 0 saturated carbocycles. The zero-order chi connectivity index (χ0) is 89.1. The van der Waals surface area contributed by atoms with Gasteiger partial charge in [0.2, 0.25) is 0 Å². The lowest BCUT2D eigenvalue weighted by Gasteiger charge is -2.34. The summed E-state index contributed by atoms with van der Waals surface area (Å²) in [4.78, 5) is 6.91. The molecule has 0 spiro atoms. The molecule has 0 radical (unpaired) electrons. The van der Waals surface area contributed by atoms with Crippen LogP contribution in [-0.2, 0) is 10.8 Å². The van der Waals surface area contributed by atoms with E-state index in [-0.39, 0.29) is 5.41 Å². The van der Waals surface area contributed by atoms with Crippen molar-refractivity contribution >= 4 is 51.2 Å². The lowest BCUT2D eigenvalue weighted by Crippen LogP contribution is -2.28. The molecule has 0 atom stereocenters. The Bertz CT molecular complexity index is 5730. The summed E-state index contributed by atoms with van der Waals surface area (Å²) in [5, 5.41) is 0. The van der Waals surface area contributed by atoms with E-state index in [1.807, 2.05) is 0 Å². The van der Waals surface area contributed by atoms with Crippen LogP contribution >= 0.6 is 0 Å². The van der Waals surface area contributed by atoms with Crippen LogP contribution in [-0.4, -0.2) is 0 Å². The second kappa shape index (κ2) is 42.0. The fourth-order valence-electron chi connectivity index (χ4n) is 19.2. The normalized spacial score (nSPS) is 12.2. The Morgan fingerprint density at radius 3 is 0.617 bits per heavy atom. The molecule has 0 aliphatic heterocycles. The monoisotopic (exact) mass is 1670 g/mol. The Labute approximate surface area is 766 Å². The van der Waals surface area contributed by atoms with Gasteiger partial charge >= 0.3 is 0 Å². The number of hydrogen-bond acceptors (Lipinski definition) is 3. The number of unbranched alkanes of at least 4 members (excludes halogenated alkanes) is 10. The van der Waals surface area contributed by atoms with Crippen LogP contribution in [0.5, 0.6) is 0 Å². The summed E-state index contributed by atoms with van der Waals surface area (Å²) in [5.41, 5.74) is 43.7. The standard InChI is InChI=1S/C39H30.C34H32N2.C31H46.C21H21N/c1-27-13-23-35-36-24-14-28(2)26-38(36)39(37(35)25-27,33-19-15-31(16-20-33)29-9-5-3-6-10-29)34-21-17-32(18-22-34)30-11-7-4-8-12-30;1-25-5-13-29(14-6-25)35(30-15-7-26(2)8-16-30)33-21-23-34(24-22-33)36(31-17-9-27(3)10-18-31)32-19-11-28(4)12-20-32;1-5-7-9-11-13-15-21-31(22-16-14-12-10-8-6-2)29-23-25(3)17-19-27(29)28-20-18-26(4)24-30(28)31;1-16-4-10-19(11-5-16)22(20-12-6-17(2)7-13-20)21-14-8-18(3)9-15-21/h3-26H,1-2H3;5-24H,1-4H3;17-20,23-24H,5-16,21-22H2,1-4H3;4-15H,1-3H3. The lowest BCUT2D eigenvalue weighted by molar-refractivity contribution is 0.397. The molecule has 2 aliphatic carbocycles. The summed E-state index contributed by atoms with van der Waals surface area (Å²) >= 11 is 0. The van der Waals surface area contributed by atoms with Crippen molar-refractivity contribution < 1.29 is 0 Å². The SMILES string of the molecule is CCCCCCCCC1(CCCCCCCC)c2cc(C)ccc2-c2ccc(C)cc21.Cc1ccc(N(c2ccc(C)cc2)c2ccc(C)cc2)cc1.Cc1ccc(N(c2ccc(C)cc2)c2ccc(N(c3ccc(C)cc3)c3ccc(C)cc3)cc2)cc1.Cc1ccc2c(c1)C(c1ccc(-c3ccccc3)cc1)(c1ccc(-c3ccccc3)cc1)c1cc(C)ccc1-2. The van der Waals surface area contributed by atoms with Crippen LogP contribution in [0.4, 0.5) is 51.2 Å². The fourth-order valence-corrected chi connectivity index (χ4v) is 19.2. The first-order valence-corrected chi connectivity index (χ1v) is 47.1. The molecule has 3 heteroatoms. The van der Waals surface area contributed by atoms with E-state index in [4.69, 9.17) is 0 Å². The third kappa shape index (κ3) is 20.8. The Kier molecular flexibility index (Phi) is 29.5. The highest BCUT2D eigenvalue weighted by Gasteiger charge is 2.47. The first-order valence-electron chi connectivity index (χ1n) is 47.1. The van der Waals surface area contributed by atoms with E-state index in [0.717, 1.165) is 34.1 Å². The van der Waals surface area contributed by atoms with Crippen LogP contribution in [0.25, 0.3) is 44.5 Å². The minimum absolute atomic E-state index is 0.234. The molecule has 0 heterocycles. The fraction of sp³-hybridized carbons (Fsp3) is 0.232. The van der Waals surface area contributed by atoms with Crippen LogP contribution in [0.15, 0.2) is 376 Å². The minimum Gasteiger partial charge on any atom is -0.311 e. The van der Waals surface area contributed by atoms with Crippen LogP contribution in [0.2, 0.25) is 0 Å². The number of aryl methyl sites for hydroxylation is 11. The van der Waals surface area contributed by atoms with E-state index in [1.54, 1.807) is 11.1 Å². The Morgan fingerprint density at radius 1 is 0.180 bits per heavy atom. The van der Waals surface area contributed by atoms with Crippen LogP contribution in [0.1, 0.15) is 198 Å². The topological polar surface area (TPSA) is 9.72 Å². The second-order valence-electron chi connectivity index (χ2n) is 36.3. The highest BCUT2D eigenvalue weighted by Crippen LogP contribution is 2.58. The first-order chi connectivity index (χ1) is 62.4. The van der Waals surface area contributed by atoms with Gasteiger partial charge < -0.3 is 14.7 Å². The van der Waals surface area contributed by atoms with Crippen LogP contribution in [0.3, 0.4) is 0 Å². The summed E-state index contributed by atoms with van der Waals surface area (Å²) in [7, 11) is 0.